The molecule has 5 heteroatoms. The van der Waals surface area contributed by atoms with E-state index in [2.05, 4.69) is 12.1 Å². The van der Waals surface area contributed by atoms with Gasteiger partial charge in [-0.3, -0.25) is 4.79 Å². The Morgan fingerprint density at radius 1 is 0.829 bits per heavy atom. The molecule has 0 spiro atoms. The normalized spacial score (nSPS) is 14.1. The Balaban J connectivity index is 1.72. The summed E-state index contributed by atoms with van der Waals surface area (Å²) in [7, 11) is 0. The van der Waals surface area contributed by atoms with Crippen LogP contribution in [0.2, 0.25) is 0 Å². The summed E-state index contributed by atoms with van der Waals surface area (Å²) in [6.07, 6.45) is 2.04. The maximum absolute atomic E-state index is 14.1. The zero-order valence-electron chi connectivity index (χ0n) is 19.1. The van der Waals surface area contributed by atoms with Crippen LogP contribution in [0.25, 0.3) is 11.1 Å². The lowest BCUT2D eigenvalue weighted by Crippen LogP contribution is -2.26. The summed E-state index contributed by atoms with van der Waals surface area (Å²) < 4.78 is 0. The molecule has 0 bridgehead atoms. The Labute approximate surface area is 208 Å². The number of hydrogen-bond acceptors (Lipinski definition) is 3. The maximum Gasteiger partial charge on any atom is 0.335 e. The zero-order chi connectivity index (χ0) is 24.4. The van der Waals surface area contributed by atoms with Crippen molar-refractivity contribution in [2.75, 3.05) is 11.2 Å². The van der Waals surface area contributed by atoms with Gasteiger partial charge in [0, 0.05) is 16.0 Å². The van der Waals surface area contributed by atoms with Gasteiger partial charge in [-0.2, -0.15) is 0 Å². The van der Waals surface area contributed by atoms with Crippen LogP contribution >= 0.6 is 11.8 Å². The first-order valence-electron chi connectivity index (χ1n) is 11.2. The summed E-state index contributed by atoms with van der Waals surface area (Å²) in [5.41, 5.74) is 6.21. The molecule has 0 aromatic heterocycles. The fourth-order valence-corrected chi connectivity index (χ4v) is 5.16. The number of amides is 1. The van der Waals surface area contributed by atoms with Crippen LogP contribution in [-0.4, -0.2) is 23.2 Å². The van der Waals surface area contributed by atoms with Crippen molar-refractivity contribution in [2.45, 2.75) is 11.4 Å². The molecule has 0 saturated heterocycles. The molecule has 0 unspecified atom stereocenters. The molecule has 35 heavy (non-hydrogen) atoms. The zero-order valence-corrected chi connectivity index (χ0v) is 20.0. The Hall–Kier alpha value is -4.09. The molecule has 1 aliphatic rings. The SMILES string of the molecule is CSc1ccccc1/C(=C1/C(=O)N(Cc2cccc(C(=O)O)c2)c2ccccc21)c1ccccc1. The van der Waals surface area contributed by atoms with Gasteiger partial charge in [0.15, 0.2) is 0 Å². The molecule has 4 nitrogen and oxygen atoms in total. The highest BCUT2D eigenvalue weighted by Gasteiger charge is 2.35. The second kappa shape index (κ2) is 9.65. The predicted octanol–water partition coefficient (Wildman–Crippen LogP) is 6.61. The van der Waals surface area contributed by atoms with Gasteiger partial charge in [-0.05, 0) is 47.2 Å². The van der Waals surface area contributed by atoms with E-state index < -0.39 is 5.97 Å². The molecule has 4 aromatic rings. The van der Waals surface area contributed by atoms with Crippen LogP contribution < -0.4 is 4.90 Å². The summed E-state index contributed by atoms with van der Waals surface area (Å²) in [5, 5.41) is 9.41. The lowest BCUT2D eigenvalue weighted by molar-refractivity contribution is -0.113. The molecule has 172 valence electrons. The van der Waals surface area contributed by atoms with E-state index in [9.17, 15) is 14.7 Å². The van der Waals surface area contributed by atoms with Crippen LogP contribution in [0.15, 0.2) is 108 Å². The molecule has 1 heterocycles. The van der Waals surface area contributed by atoms with E-state index in [1.54, 1.807) is 34.9 Å². The van der Waals surface area contributed by atoms with Crippen LogP contribution in [0.4, 0.5) is 5.69 Å². The standard InChI is InChI=1S/C30H23NO3S/c1-35-26-17-8-6-15-24(26)27(21-11-3-2-4-12-21)28-23-14-5-7-16-25(23)31(29(28)32)19-20-10-9-13-22(18-20)30(33)34/h2-18H,19H2,1H3,(H,33,34)/b28-27+. The summed E-state index contributed by atoms with van der Waals surface area (Å²) >= 11 is 1.65. The molecule has 1 N–H and O–H groups in total. The van der Waals surface area contributed by atoms with Gasteiger partial charge in [0.05, 0.1) is 23.4 Å². The number of anilines is 1. The molecule has 0 fully saturated rings. The predicted molar refractivity (Wildman–Crippen MR) is 142 cm³/mol. The number of benzene rings is 4. The fourth-order valence-electron chi connectivity index (χ4n) is 4.55. The number of rotatable bonds is 6. The van der Waals surface area contributed by atoms with Crippen molar-refractivity contribution in [2.24, 2.45) is 0 Å². The van der Waals surface area contributed by atoms with Gasteiger partial charge >= 0.3 is 5.97 Å². The Morgan fingerprint density at radius 3 is 2.29 bits per heavy atom. The highest BCUT2D eigenvalue weighted by atomic mass is 32.2. The number of carboxylic acids is 1. The van der Waals surface area contributed by atoms with E-state index >= 15 is 0 Å². The average molecular weight is 478 g/mol. The van der Waals surface area contributed by atoms with Crippen molar-refractivity contribution in [3.8, 4) is 0 Å². The third-order valence-electron chi connectivity index (χ3n) is 6.13. The molecular weight excluding hydrogens is 454 g/mol. The van der Waals surface area contributed by atoms with Gasteiger partial charge in [0.25, 0.3) is 5.91 Å². The largest absolute Gasteiger partial charge is 0.478 e. The average Bonchev–Trinajstić information content (AvgIpc) is 3.16. The molecule has 5 rings (SSSR count). The van der Waals surface area contributed by atoms with E-state index in [0.29, 0.717) is 5.57 Å². The number of carboxylic acid groups (broad SMARTS) is 1. The summed E-state index contributed by atoms with van der Waals surface area (Å²) in [5.74, 6) is -1.08. The van der Waals surface area contributed by atoms with E-state index in [4.69, 9.17) is 0 Å². The minimum Gasteiger partial charge on any atom is -0.478 e. The van der Waals surface area contributed by atoms with E-state index in [1.165, 1.54) is 0 Å². The number of carbonyl (C=O) groups excluding carboxylic acids is 1. The first-order chi connectivity index (χ1) is 17.1. The molecule has 1 aliphatic heterocycles. The number of thioether (sulfide) groups is 1. The van der Waals surface area contributed by atoms with Crippen LogP contribution in [0.1, 0.15) is 32.6 Å². The number of para-hydroxylation sites is 1. The van der Waals surface area contributed by atoms with Crippen molar-refractivity contribution >= 4 is 40.5 Å². The Morgan fingerprint density at radius 2 is 1.51 bits per heavy atom. The highest BCUT2D eigenvalue weighted by molar-refractivity contribution is 7.98. The molecule has 0 aliphatic carbocycles. The van der Waals surface area contributed by atoms with Gasteiger partial charge in [-0.25, -0.2) is 4.79 Å². The number of nitrogens with zero attached hydrogens (tertiary/aromatic N) is 1. The number of carbonyl (C=O) groups is 2. The molecule has 0 saturated carbocycles. The fraction of sp³-hybridized carbons (Fsp3) is 0.0667. The van der Waals surface area contributed by atoms with E-state index in [0.717, 1.165) is 38.4 Å². The molecule has 1 amide bonds. The van der Waals surface area contributed by atoms with Crippen molar-refractivity contribution in [3.05, 3.63) is 131 Å². The van der Waals surface area contributed by atoms with E-state index in [-0.39, 0.29) is 18.0 Å². The van der Waals surface area contributed by atoms with E-state index in [1.807, 2.05) is 79.1 Å². The van der Waals surface area contributed by atoms with Gasteiger partial charge < -0.3 is 10.0 Å². The first-order valence-corrected chi connectivity index (χ1v) is 12.5. The molecule has 0 atom stereocenters. The smallest absolute Gasteiger partial charge is 0.335 e. The van der Waals surface area contributed by atoms with Crippen molar-refractivity contribution in [3.63, 3.8) is 0 Å². The minimum absolute atomic E-state index is 0.0957. The first kappa shape index (κ1) is 22.7. The Kier molecular flexibility index (Phi) is 6.25. The minimum atomic E-state index is -0.986. The number of hydrogen-bond donors (Lipinski definition) is 1. The summed E-state index contributed by atoms with van der Waals surface area (Å²) in [4.78, 5) is 28.4. The van der Waals surface area contributed by atoms with Crippen LogP contribution in [0, 0.1) is 0 Å². The lowest BCUT2D eigenvalue weighted by Gasteiger charge is -2.18. The summed E-state index contributed by atoms with van der Waals surface area (Å²) in [6.45, 7) is 0.284. The topological polar surface area (TPSA) is 57.6 Å². The van der Waals surface area contributed by atoms with Crippen LogP contribution in [0.3, 0.4) is 0 Å². The van der Waals surface area contributed by atoms with Crippen molar-refractivity contribution < 1.29 is 14.7 Å². The molecular formula is C30H23NO3S. The van der Waals surface area contributed by atoms with Crippen molar-refractivity contribution in [1.29, 1.82) is 0 Å². The van der Waals surface area contributed by atoms with Crippen molar-refractivity contribution in [1.82, 2.24) is 0 Å². The van der Waals surface area contributed by atoms with Gasteiger partial charge in [-0.1, -0.05) is 78.9 Å². The highest BCUT2D eigenvalue weighted by Crippen LogP contribution is 2.45. The van der Waals surface area contributed by atoms with Crippen LogP contribution in [-0.2, 0) is 11.3 Å². The number of aromatic carboxylic acids is 1. The van der Waals surface area contributed by atoms with Gasteiger partial charge in [0.2, 0.25) is 0 Å². The van der Waals surface area contributed by atoms with Gasteiger partial charge in [0.1, 0.15) is 0 Å². The molecule has 4 aromatic carbocycles. The Bertz CT molecular complexity index is 1460. The van der Waals surface area contributed by atoms with Crippen LogP contribution in [0.5, 0.6) is 0 Å². The third-order valence-corrected chi connectivity index (χ3v) is 6.92. The molecule has 0 radical (unpaired) electrons. The third kappa shape index (κ3) is 4.27. The second-order valence-corrected chi connectivity index (χ2v) is 9.08. The quantitative estimate of drug-likeness (QED) is 0.251. The lowest BCUT2D eigenvalue weighted by atomic mass is 9.90. The monoisotopic (exact) mass is 477 g/mol. The maximum atomic E-state index is 14.1. The second-order valence-electron chi connectivity index (χ2n) is 8.23. The van der Waals surface area contributed by atoms with Gasteiger partial charge in [-0.15, -0.1) is 11.8 Å². The number of fused-ring (bicyclic) bond motifs is 1. The summed E-state index contributed by atoms with van der Waals surface area (Å²) in [6, 6.07) is 32.7.